The van der Waals surface area contributed by atoms with Gasteiger partial charge in [0, 0.05) is 0 Å². The van der Waals surface area contributed by atoms with Crippen molar-refractivity contribution in [2.45, 2.75) is 37.0 Å². The Morgan fingerprint density at radius 3 is 2.63 bits per heavy atom. The predicted molar refractivity (Wildman–Crippen MR) is 91.9 cm³/mol. The zero-order valence-electron chi connectivity index (χ0n) is 14.9. The van der Waals surface area contributed by atoms with Gasteiger partial charge in [0.05, 0.1) is 6.33 Å². The van der Waals surface area contributed by atoms with Gasteiger partial charge in [0.15, 0.2) is 17.7 Å². The largest absolute Gasteiger partial charge is 0.523 e. The zero-order chi connectivity index (χ0) is 21.6. The number of aliphatic hydroxyl groups excluding tert-OH is 2. The average Bonchev–Trinajstić information content (AvgIpc) is 3.22. The highest BCUT2D eigenvalue weighted by molar-refractivity contribution is 5.81. The van der Waals surface area contributed by atoms with Crippen molar-refractivity contribution in [2.24, 2.45) is 0 Å². The van der Waals surface area contributed by atoms with Crippen molar-refractivity contribution in [2.75, 3.05) is 5.73 Å². The van der Waals surface area contributed by atoms with Gasteiger partial charge in [0.25, 0.3) is 0 Å². The molecular weight excluding hydrogens is 414 g/mol. The number of alkyl halides is 3. The van der Waals surface area contributed by atoms with Crippen LogP contribution in [0, 0.1) is 5.82 Å². The number of aliphatic hydroxyl groups is 2. The molecular formula is C17H15F4N5O4. The Hall–Kier alpha value is -2.87. The SMILES string of the molecule is Nc1ncnc2c1ncn2[C@@H]1O[C@H](C(OC(F)(F)F)c2cccc(F)c2)[C@@H](O)[C@H]1O. The quantitative estimate of drug-likeness (QED) is 0.532. The van der Waals surface area contributed by atoms with E-state index < -0.39 is 42.8 Å². The number of benzene rings is 1. The van der Waals surface area contributed by atoms with E-state index in [1.54, 1.807) is 0 Å². The summed E-state index contributed by atoms with van der Waals surface area (Å²) in [6.07, 6.45) is -11.3. The van der Waals surface area contributed by atoms with Crippen molar-refractivity contribution in [3.63, 3.8) is 0 Å². The van der Waals surface area contributed by atoms with Gasteiger partial charge in [0.1, 0.15) is 42.1 Å². The van der Waals surface area contributed by atoms with Crippen molar-refractivity contribution < 1.29 is 37.2 Å². The number of hydrogen-bond donors (Lipinski definition) is 3. The molecule has 0 saturated carbocycles. The summed E-state index contributed by atoms with van der Waals surface area (Å²) in [5, 5.41) is 20.9. The highest BCUT2D eigenvalue weighted by atomic mass is 19.4. The molecule has 1 saturated heterocycles. The van der Waals surface area contributed by atoms with E-state index in [1.165, 1.54) is 23.0 Å². The van der Waals surface area contributed by atoms with Gasteiger partial charge >= 0.3 is 6.36 Å². The fraction of sp³-hybridized carbons (Fsp3) is 0.353. The van der Waals surface area contributed by atoms with Gasteiger partial charge in [-0.25, -0.2) is 19.3 Å². The van der Waals surface area contributed by atoms with Gasteiger partial charge in [-0.05, 0) is 17.7 Å². The van der Waals surface area contributed by atoms with Crippen LogP contribution in [0.15, 0.2) is 36.9 Å². The average molecular weight is 429 g/mol. The van der Waals surface area contributed by atoms with Crippen LogP contribution in [0.3, 0.4) is 0 Å². The van der Waals surface area contributed by atoms with Crippen LogP contribution in [0.1, 0.15) is 17.9 Å². The number of hydrogen-bond acceptors (Lipinski definition) is 8. The van der Waals surface area contributed by atoms with Gasteiger partial charge in [-0.2, -0.15) is 0 Å². The zero-order valence-corrected chi connectivity index (χ0v) is 14.9. The number of nitrogens with two attached hydrogens (primary N) is 1. The summed E-state index contributed by atoms with van der Waals surface area (Å²) in [7, 11) is 0. The molecule has 1 unspecified atom stereocenters. The molecule has 30 heavy (non-hydrogen) atoms. The Bertz CT molecular complexity index is 1060. The second-order valence-electron chi connectivity index (χ2n) is 6.59. The summed E-state index contributed by atoms with van der Waals surface area (Å²) in [6.45, 7) is 0. The maximum atomic E-state index is 13.6. The molecule has 4 rings (SSSR count). The number of anilines is 1. The molecule has 3 aromatic rings. The van der Waals surface area contributed by atoms with Crippen molar-refractivity contribution in [1.29, 1.82) is 0 Å². The molecule has 160 valence electrons. The minimum absolute atomic E-state index is 0.0429. The topological polar surface area (TPSA) is 129 Å². The van der Waals surface area contributed by atoms with E-state index in [0.717, 1.165) is 18.5 Å². The lowest BCUT2D eigenvalue weighted by Crippen LogP contribution is -2.37. The molecule has 1 aliphatic heterocycles. The monoisotopic (exact) mass is 429 g/mol. The van der Waals surface area contributed by atoms with Crippen molar-refractivity contribution in [3.8, 4) is 0 Å². The lowest BCUT2D eigenvalue weighted by Gasteiger charge is -2.27. The molecule has 0 radical (unpaired) electrons. The van der Waals surface area contributed by atoms with Gasteiger partial charge < -0.3 is 20.7 Å². The number of rotatable bonds is 4. The third-order valence-electron chi connectivity index (χ3n) is 4.67. The lowest BCUT2D eigenvalue weighted by atomic mass is 9.99. The normalized spacial score (nSPS) is 25.7. The first kappa shape index (κ1) is 20.4. The third-order valence-corrected chi connectivity index (χ3v) is 4.67. The first-order chi connectivity index (χ1) is 14.2. The number of nitrogen functional groups attached to an aromatic ring is 1. The van der Waals surface area contributed by atoms with Crippen LogP contribution in [0.5, 0.6) is 0 Å². The van der Waals surface area contributed by atoms with E-state index in [9.17, 15) is 27.8 Å². The lowest BCUT2D eigenvalue weighted by molar-refractivity contribution is -0.357. The number of fused-ring (bicyclic) bond motifs is 1. The van der Waals surface area contributed by atoms with E-state index >= 15 is 0 Å². The molecule has 2 aromatic heterocycles. The minimum Gasteiger partial charge on any atom is -0.387 e. The van der Waals surface area contributed by atoms with Crippen LogP contribution < -0.4 is 5.73 Å². The highest BCUT2D eigenvalue weighted by Crippen LogP contribution is 2.41. The van der Waals surface area contributed by atoms with Crippen molar-refractivity contribution in [3.05, 3.63) is 48.3 Å². The summed E-state index contributed by atoms with van der Waals surface area (Å²) >= 11 is 0. The number of ether oxygens (including phenoxy) is 2. The standard InChI is InChI=1S/C17H15F4N5O4/c18-8-3-1-2-7(4-8)12(30-17(19,20)21)13-10(27)11(28)16(29-13)26-6-25-9-14(22)23-5-24-15(9)26/h1-6,10-13,16,27-28H,(H2,22,23,24)/t10-,11+,12?,13-,16+/m0/s1. The van der Waals surface area contributed by atoms with Gasteiger partial charge in [-0.1, -0.05) is 12.1 Å². The van der Waals surface area contributed by atoms with E-state index in [4.69, 9.17) is 10.5 Å². The summed E-state index contributed by atoms with van der Waals surface area (Å²) in [4.78, 5) is 11.8. The molecule has 4 N–H and O–H groups in total. The molecule has 0 aliphatic carbocycles. The van der Waals surface area contributed by atoms with Crippen LogP contribution in [-0.4, -0.2) is 54.4 Å². The van der Waals surface area contributed by atoms with E-state index in [0.29, 0.717) is 0 Å². The molecule has 3 heterocycles. The van der Waals surface area contributed by atoms with Crippen molar-refractivity contribution >= 4 is 17.0 Å². The molecule has 9 nitrogen and oxygen atoms in total. The molecule has 13 heteroatoms. The van der Waals surface area contributed by atoms with Crippen LogP contribution >= 0.6 is 0 Å². The maximum Gasteiger partial charge on any atom is 0.523 e. The van der Waals surface area contributed by atoms with Gasteiger partial charge in [-0.3, -0.25) is 9.30 Å². The molecule has 1 aromatic carbocycles. The maximum absolute atomic E-state index is 13.6. The molecule has 1 fully saturated rings. The highest BCUT2D eigenvalue weighted by Gasteiger charge is 2.51. The number of nitrogens with zero attached hydrogens (tertiary/aromatic N) is 4. The van der Waals surface area contributed by atoms with Crippen LogP contribution in [-0.2, 0) is 9.47 Å². The first-order valence-electron chi connectivity index (χ1n) is 8.60. The van der Waals surface area contributed by atoms with E-state index in [-0.39, 0.29) is 22.5 Å². The van der Waals surface area contributed by atoms with Crippen LogP contribution in [0.4, 0.5) is 23.4 Å². The Kier molecular flexibility index (Phi) is 5.05. The molecule has 5 atom stereocenters. The summed E-state index contributed by atoms with van der Waals surface area (Å²) in [6, 6.07) is 4.25. The Balaban J connectivity index is 1.71. The van der Waals surface area contributed by atoms with E-state index in [2.05, 4.69) is 19.7 Å². The Morgan fingerprint density at radius 2 is 1.93 bits per heavy atom. The third kappa shape index (κ3) is 3.67. The summed E-state index contributed by atoms with van der Waals surface area (Å²) in [5.74, 6) is -0.762. The second kappa shape index (κ2) is 7.43. The van der Waals surface area contributed by atoms with E-state index in [1.807, 2.05) is 0 Å². The smallest absolute Gasteiger partial charge is 0.387 e. The van der Waals surface area contributed by atoms with Crippen LogP contribution in [0.25, 0.3) is 11.2 Å². The number of aromatic nitrogens is 4. The van der Waals surface area contributed by atoms with Gasteiger partial charge in [-0.15, -0.1) is 13.2 Å². The number of imidazole rings is 1. The Morgan fingerprint density at radius 1 is 1.17 bits per heavy atom. The fourth-order valence-electron chi connectivity index (χ4n) is 3.37. The number of halogens is 4. The first-order valence-corrected chi connectivity index (χ1v) is 8.60. The second-order valence-corrected chi connectivity index (χ2v) is 6.59. The summed E-state index contributed by atoms with van der Waals surface area (Å²) in [5.41, 5.74) is 5.79. The van der Waals surface area contributed by atoms with Crippen LogP contribution in [0.2, 0.25) is 0 Å². The van der Waals surface area contributed by atoms with Gasteiger partial charge in [0.2, 0.25) is 0 Å². The fourth-order valence-corrected chi connectivity index (χ4v) is 3.37. The molecule has 0 spiro atoms. The molecule has 0 amide bonds. The predicted octanol–water partition coefficient (Wildman–Crippen LogP) is 1.44. The summed E-state index contributed by atoms with van der Waals surface area (Å²) < 4.78 is 63.6. The van der Waals surface area contributed by atoms with Crippen molar-refractivity contribution in [1.82, 2.24) is 19.5 Å². The molecule has 0 bridgehead atoms. The molecule has 1 aliphatic rings. The Labute approximate surface area is 165 Å². The minimum atomic E-state index is -5.12.